The normalized spacial score (nSPS) is 17.7. The first-order valence-electron chi connectivity index (χ1n) is 13.0. The lowest BCUT2D eigenvalue weighted by molar-refractivity contribution is -0.284. The van der Waals surface area contributed by atoms with Crippen LogP contribution in [0.2, 0.25) is 0 Å². The van der Waals surface area contributed by atoms with Crippen LogP contribution in [0.1, 0.15) is 122 Å². The Balaban J connectivity index is 1.71. The molecule has 2 nitrogen and oxygen atoms in total. The molecule has 1 rings (SSSR count). The van der Waals surface area contributed by atoms with E-state index in [2.05, 4.69) is 0 Å². The molecule has 0 bridgehead atoms. The fourth-order valence-corrected chi connectivity index (χ4v) is 4.17. The quantitative estimate of drug-likeness (QED) is 0.130. The van der Waals surface area contributed by atoms with E-state index in [0.29, 0.717) is 12.5 Å². The second-order valence-electron chi connectivity index (χ2n) is 9.29. The lowest BCUT2D eigenvalue weighted by atomic mass is 10.0. The maximum absolute atomic E-state index is 12.8. The van der Waals surface area contributed by atoms with Crippen molar-refractivity contribution in [3.05, 3.63) is 0 Å². The number of hydrogen-bond donors (Lipinski definition) is 0. The Morgan fingerprint density at radius 1 is 0.625 bits per heavy atom. The van der Waals surface area contributed by atoms with E-state index in [1.807, 2.05) is 0 Å². The number of rotatable bonds is 20. The van der Waals surface area contributed by atoms with Crippen LogP contribution in [0.5, 0.6) is 0 Å². The first-order valence-corrected chi connectivity index (χ1v) is 13.0. The highest BCUT2D eigenvalue weighted by Gasteiger charge is 2.56. The minimum Gasteiger partial charge on any atom is -0.381 e. The molecule has 1 fully saturated rings. The van der Waals surface area contributed by atoms with Gasteiger partial charge in [-0.05, 0) is 38.5 Å². The van der Waals surface area contributed by atoms with Crippen molar-refractivity contribution >= 4 is 0 Å². The summed E-state index contributed by atoms with van der Waals surface area (Å²) in [6.07, 6.45) is 12.7. The monoisotopic (exact) mass is 472 g/mol. The summed E-state index contributed by atoms with van der Waals surface area (Å²) >= 11 is 0. The van der Waals surface area contributed by atoms with Gasteiger partial charge in [-0.3, -0.25) is 0 Å². The third kappa shape index (κ3) is 15.4. The molecule has 192 valence electrons. The van der Waals surface area contributed by atoms with Gasteiger partial charge >= 0.3 is 12.1 Å². The maximum Gasteiger partial charge on any atom is 0.453 e. The van der Waals surface area contributed by atoms with Crippen LogP contribution >= 0.6 is 0 Å². The van der Waals surface area contributed by atoms with Crippen molar-refractivity contribution in [3.63, 3.8) is 0 Å². The third-order valence-electron chi connectivity index (χ3n) is 6.30. The molecule has 0 aromatic carbocycles. The van der Waals surface area contributed by atoms with E-state index in [-0.39, 0.29) is 6.42 Å². The molecule has 0 spiro atoms. The third-order valence-corrected chi connectivity index (χ3v) is 6.30. The van der Waals surface area contributed by atoms with Crippen LogP contribution in [0, 0.1) is 0 Å². The van der Waals surface area contributed by atoms with Gasteiger partial charge in [0.1, 0.15) is 0 Å². The largest absolute Gasteiger partial charge is 0.453 e. The summed E-state index contributed by atoms with van der Waals surface area (Å²) in [6, 6.07) is 0. The fraction of sp³-hybridized carbons (Fsp3) is 1.00. The highest BCUT2D eigenvalue weighted by Crippen LogP contribution is 2.39. The lowest BCUT2D eigenvalue weighted by Gasteiger charge is -2.22. The molecule has 0 radical (unpaired) electrons. The number of hydrogen-bond acceptors (Lipinski definition) is 2. The standard InChI is InChI=1S/C25H45F5O2/c26-24(27,25(28,29)30)19-14-11-9-7-5-3-1-2-4-6-8-10-12-15-20-31-22-18-23-17-13-16-21-32-23/h23H,1-22H2. The Hall–Kier alpha value is -0.430. The Labute approximate surface area is 192 Å². The van der Waals surface area contributed by atoms with Gasteiger partial charge in [-0.15, -0.1) is 0 Å². The molecule has 1 aliphatic heterocycles. The predicted octanol–water partition coefficient (Wildman–Crippen LogP) is 9.01. The van der Waals surface area contributed by atoms with Crippen LogP contribution in [0.25, 0.3) is 0 Å². The molecule has 7 heteroatoms. The van der Waals surface area contributed by atoms with E-state index in [0.717, 1.165) is 58.3 Å². The van der Waals surface area contributed by atoms with E-state index in [1.165, 1.54) is 64.2 Å². The molecule has 1 heterocycles. The van der Waals surface area contributed by atoms with Gasteiger partial charge in [0.2, 0.25) is 0 Å². The molecule has 0 aromatic heterocycles. The van der Waals surface area contributed by atoms with Crippen molar-refractivity contribution in [1.82, 2.24) is 0 Å². The number of alkyl halides is 5. The molecular formula is C25H45F5O2. The lowest BCUT2D eigenvalue weighted by Crippen LogP contribution is -2.36. The van der Waals surface area contributed by atoms with Crippen molar-refractivity contribution in [3.8, 4) is 0 Å². The first kappa shape index (κ1) is 29.6. The molecule has 0 aromatic rings. The zero-order chi connectivity index (χ0) is 23.5. The summed E-state index contributed by atoms with van der Waals surface area (Å²) < 4.78 is 73.1. The molecule has 32 heavy (non-hydrogen) atoms. The van der Waals surface area contributed by atoms with Crippen molar-refractivity contribution in [2.24, 2.45) is 0 Å². The molecule has 0 N–H and O–H groups in total. The Bertz CT molecular complexity index is 423. The van der Waals surface area contributed by atoms with Crippen molar-refractivity contribution in [2.75, 3.05) is 19.8 Å². The molecule has 1 aliphatic rings. The summed E-state index contributed by atoms with van der Waals surface area (Å²) in [5, 5.41) is 0. The van der Waals surface area contributed by atoms with Crippen molar-refractivity contribution in [2.45, 2.75) is 140 Å². The van der Waals surface area contributed by atoms with Crippen LogP contribution in [-0.4, -0.2) is 38.0 Å². The number of ether oxygens (including phenoxy) is 2. The van der Waals surface area contributed by atoms with E-state index in [1.54, 1.807) is 0 Å². The van der Waals surface area contributed by atoms with Crippen LogP contribution in [0.15, 0.2) is 0 Å². The topological polar surface area (TPSA) is 18.5 Å². The zero-order valence-corrected chi connectivity index (χ0v) is 19.8. The summed E-state index contributed by atoms with van der Waals surface area (Å²) in [5.41, 5.74) is 0. The second kappa shape index (κ2) is 18.0. The summed E-state index contributed by atoms with van der Waals surface area (Å²) in [7, 11) is 0. The highest BCUT2D eigenvalue weighted by atomic mass is 19.4. The maximum atomic E-state index is 12.8. The van der Waals surface area contributed by atoms with Gasteiger partial charge in [0.25, 0.3) is 0 Å². The Kier molecular flexibility index (Phi) is 16.6. The Morgan fingerprint density at radius 3 is 1.59 bits per heavy atom. The minimum absolute atomic E-state index is 0.0614. The van der Waals surface area contributed by atoms with Crippen molar-refractivity contribution < 1.29 is 31.4 Å². The summed E-state index contributed by atoms with van der Waals surface area (Å²) in [4.78, 5) is 0. The van der Waals surface area contributed by atoms with Crippen LogP contribution < -0.4 is 0 Å². The molecule has 0 saturated carbocycles. The smallest absolute Gasteiger partial charge is 0.381 e. The fourth-order valence-electron chi connectivity index (χ4n) is 4.17. The minimum atomic E-state index is -5.41. The van der Waals surface area contributed by atoms with Crippen LogP contribution in [0.4, 0.5) is 22.0 Å². The van der Waals surface area contributed by atoms with E-state index < -0.39 is 18.5 Å². The van der Waals surface area contributed by atoms with Gasteiger partial charge in [0, 0.05) is 26.2 Å². The van der Waals surface area contributed by atoms with E-state index in [4.69, 9.17) is 9.47 Å². The number of halogens is 5. The van der Waals surface area contributed by atoms with E-state index in [9.17, 15) is 22.0 Å². The van der Waals surface area contributed by atoms with Gasteiger partial charge in [-0.25, -0.2) is 0 Å². The molecule has 0 aliphatic carbocycles. The van der Waals surface area contributed by atoms with Gasteiger partial charge in [-0.2, -0.15) is 22.0 Å². The SMILES string of the molecule is FC(F)(F)C(F)(F)CCCCCCCCCCCCCCCCOCCC1CCCCO1. The predicted molar refractivity (Wildman–Crippen MR) is 119 cm³/mol. The molecule has 1 unspecified atom stereocenters. The van der Waals surface area contributed by atoms with E-state index >= 15 is 0 Å². The van der Waals surface area contributed by atoms with Gasteiger partial charge in [-0.1, -0.05) is 77.0 Å². The molecule has 1 saturated heterocycles. The van der Waals surface area contributed by atoms with Gasteiger partial charge in [0.15, 0.2) is 0 Å². The summed E-state index contributed by atoms with van der Waals surface area (Å²) in [5.74, 6) is -4.54. The Morgan fingerprint density at radius 2 is 1.12 bits per heavy atom. The van der Waals surface area contributed by atoms with Crippen LogP contribution in [0.3, 0.4) is 0 Å². The molecule has 0 amide bonds. The molecular weight excluding hydrogens is 427 g/mol. The van der Waals surface area contributed by atoms with Gasteiger partial charge in [0.05, 0.1) is 6.10 Å². The van der Waals surface area contributed by atoms with Crippen molar-refractivity contribution in [1.29, 1.82) is 0 Å². The average Bonchev–Trinajstić information content (AvgIpc) is 2.75. The average molecular weight is 473 g/mol. The summed E-state index contributed by atoms with van der Waals surface area (Å²) in [6.45, 7) is 2.59. The van der Waals surface area contributed by atoms with Gasteiger partial charge < -0.3 is 9.47 Å². The van der Waals surface area contributed by atoms with Crippen LogP contribution in [-0.2, 0) is 9.47 Å². The molecule has 1 atom stereocenters. The second-order valence-corrected chi connectivity index (χ2v) is 9.29. The highest BCUT2D eigenvalue weighted by molar-refractivity contribution is 4.75. The zero-order valence-electron chi connectivity index (χ0n) is 19.8. The first-order chi connectivity index (χ1) is 15.3. The number of unbranched alkanes of at least 4 members (excludes halogenated alkanes) is 13.